The van der Waals surface area contributed by atoms with Crippen LogP contribution in [-0.2, 0) is 6.18 Å². The van der Waals surface area contributed by atoms with Crippen LogP contribution in [0.4, 0.5) is 30.7 Å². The van der Waals surface area contributed by atoms with Gasteiger partial charge in [-0.2, -0.15) is 26.3 Å². The molecule has 1 heterocycles. The monoisotopic (exact) mass is 392 g/mol. The van der Waals surface area contributed by atoms with Gasteiger partial charge in [-0.25, -0.2) is 4.39 Å². The van der Waals surface area contributed by atoms with Crippen LogP contribution in [0.25, 0.3) is 0 Å². The average Bonchev–Trinajstić information content (AvgIpc) is 2.50. The van der Waals surface area contributed by atoms with Crippen LogP contribution < -0.4 is 5.32 Å². The van der Waals surface area contributed by atoms with Gasteiger partial charge < -0.3 is 5.32 Å². The first-order valence-corrected chi connectivity index (χ1v) is 7.94. The molecule has 1 aromatic carbocycles. The summed E-state index contributed by atoms with van der Waals surface area (Å²) in [7, 11) is 0. The van der Waals surface area contributed by atoms with E-state index in [9.17, 15) is 30.7 Å². The Morgan fingerprint density at radius 1 is 1.08 bits per heavy atom. The maximum Gasteiger partial charge on any atom is 0.416 e. The van der Waals surface area contributed by atoms with Crippen molar-refractivity contribution in [1.29, 1.82) is 0 Å². The first-order chi connectivity index (χ1) is 11.5. The minimum absolute atomic E-state index is 0.301. The lowest BCUT2D eigenvalue weighted by Gasteiger charge is -2.36. The lowest BCUT2D eigenvalue weighted by Crippen LogP contribution is -2.45. The molecular weight excluding hydrogens is 377 g/mol. The number of benzene rings is 1. The molecule has 0 spiro atoms. The minimum atomic E-state index is -4.77. The van der Waals surface area contributed by atoms with Crippen LogP contribution in [0.1, 0.15) is 30.0 Å². The zero-order chi connectivity index (χ0) is 18.8. The smallest absolute Gasteiger partial charge is 0.314 e. The summed E-state index contributed by atoms with van der Waals surface area (Å²) in [4.78, 5) is 1.55. The maximum atomic E-state index is 14.4. The molecule has 1 aliphatic rings. The van der Waals surface area contributed by atoms with E-state index in [0.29, 0.717) is 38.3 Å². The number of halogens is 8. The molecule has 0 aliphatic carbocycles. The van der Waals surface area contributed by atoms with Crippen LogP contribution in [0.15, 0.2) is 12.1 Å². The van der Waals surface area contributed by atoms with Crippen molar-refractivity contribution in [3.8, 4) is 0 Å². The summed E-state index contributed by atoms with van der Waals surface area (Å²) in [5.74, 6) is -1.11. The highest BCUT2D eigenvalue weighted by Gasteiger charge is 2.36. The largest absolute Gasteiger partial charge is 0.416 e. The van der Waals surface area contributed by atoms with Crippen molar-refractivity contribution in [2.24, 2.45) is 0 Å². The fraction of sp³-hybridized carbons (Fsp3) is 0.600. The molecule has 1 aromatic rings. The number of piperazine rings is 1. The van der Waals surface area contributed by atoms with E-state index in [1.165, 1.54) is 0 Å². The molecule has 0 radical (unpaired) electrons. The Bertz CT molecular complexity index is 595. The third-order valence-corrected chi connectivity index (χ3v) is 4.31. The zero-order valence-corrected chi connectivity index (χ0v) is 13.7. The molecule has 2 nitrogen and oxygen atoms in total. The van der Waals surface area contributed by atoms with Crippen LogP contribution in [0.3, 0.4) is 0 Å². The Morgan fingerprint density at radius 2 is 1.68 bits per heavy atom. The minimum Gasteiger partial charge on any atom is -0.314 e. The van der Waals surface area contributed by atoms with Crippen molar-refractivity contribution < 1.29 is 30.7 Å². The van der Waals surface area contributed by atoms with E-state index in [4.69, 9.17) is 11.6 Å². The quantitative estimate of drug-likeness (QED) is 0.741. The second kappa shape index (κ2) is 7.67. The molecule has 25 heavy (non-hydrogen) atoms. The molecule has 0 aromatic heterocycles. The number of rotatable bonds is 4. The van der Waals surface area contributed by atoms with E-state index < -0.39 is 53.2 Å². The Morgan fingerprint density at radius 3 is 2.20 bits per heavy atom. The Hall–Kier alpha value is -1.06. The van der Waals surface area contributed by atoms with E-state index in [1.807, 2.05) is 0 Å². The van der Waals surface area contributed by atoms with Crippen molar-refractivity contribution in [3.63, 3.8) is 0 Å². The third kappa shape index (κ3) is 5.46. The number of hydrogen-bond donors (Lipinski definition) is 1. The van der Waals surface area contributed by atoms with Crippen molar-refractivity contribution in [2.45, 2.75) is 31.2 Å². The van der Waals surface area contributed by atoms with Gasteiger partial charge in [0.1, 0.15) is 5.82 Å². The number of hydrogen-bond acceptors (Lipinski definition) is 2. The van der Waals surface area contributed by atoms with E-state index in [-0.39, 0.29) is 0 Å². The molecule has 0 bridgehead atoms. The van der Waals surface area contributed by atoms with Crippen LogP contribution in [-0.4, -0.2) is 37.3 Å². The summed E-state index contributed by atoms with van der Waals surface area (Å²) in [6.45, 7) is 1.51. The molecule has 0 amide bonds. The summed E-state index contributed by atoms with van der Waals surface area (Å²) >= 11 is 5.57. The SMILES string of the molecule is Fc1c(Cl)cc(C(F)(F)F)cc1[C@H](CCC(F)(F)F)N1CCNCC1. The summed E-state index contributed by atoms with van der Waals surface area (Å²) in [6, 6.07) is -0.132. The number of nitrogens with one attached hydrogen (secondary N) is 1. The van der Waals surface area contributed by atoms with Crippen LogP contribution >= 0.6 is 11.6 Å². The van der Waals surface area contributed by atoms with Gasteiger partial charge in [0.05, 0.1) is 10.6 Å². The van der Waals surface area contributed by atoms with Crippen molar-refractivity contribution in [1.82, 2.24) is 10.2 Å². The van der Waals surface area contributed by atoms with Gasteiger partial charge in [0.25, 0.3) is 0 Å². The highest BCUT2D eigenvalue weighted by Crippen LogP contribution is 2.39. The average molecular weight is 393 g/mol. The zero-order valence-electron chi connectivity index (χ0n) is 12.9. The number of nitrogens with zero attached hydrogens (tertiary/aromatic N) is 1. The summed E-state index contributed by atoms with van der Waals surface area (Å²) in [6.07, 6.45) is -11.0. The predicted octanol–water partition coefficient (Wildman–Crippen LogP) is 4.79. The van der Waals surface area contributed by atoms with Gasteiger partial charge in [0.2, 0.25) is 0 Å². The van der Waals surface area contributed by atoms with Gasteiger partial charge in [-0.1, -0.05) is 11.6 Å². The molecule has 10 heteroatoms. The molecule has 142 valence electrons. The first-order valence-electron chi connectivity index (χ1n) is 7.56. The van der Waals surface area contributed by atoms with Gasteiger partial charge in [-0.15, -0.1) is 0 Å². The second-order valence-corrected chi connectivity index (χ2v) is 6.22. The van der Waals surface area contributed by atoms with Crippen LogP contribution in [0, 0.1) is 5.82 Å². The van der Waals surface area contributed by atoms with Gasteiger partial charge in [0.15, 0.2) is 0 Å². The van der Waals surface area contributed by atoms with Crippen LogP contribution in [0.2, 0.25) is 5.02 Å². The van der Waals surface area contributed by atoms with Crippen molar-refractivity contribution in [3.05, 3.63) is 34.1 Å². The molecule has 2 rings (SSSR count). The number of alkyl halides is 6. The Kier molecular flexibility index (Phi) is 6.22. The van der Waals surface area contributed by atoms with Gasteiger partial charge >= 0.3 is 12.4 Å². The summed E-state index contributed by atoms with van der Waals surface area (Å²) < 4.78 is 91.1. The van der Waals surface area contributed by atoms with E-state index >= 15 is 0 Å². The Balaban J connectivity index is 2.42. The van der Waals surface area contributed by atoms with Gasteiger partial charge in [-0.3, -0.25) is 4.90 Å². The third-order valence-electron chi connectivity index (χ3n) is 4.04. The molecule has 1 atom stereocenters. The second-order valence-electron chi connectivity index (χ2n) is 5.81. The first kappa shape index (κ1) is 20.3. The Labute approximate surface area is 144 Å². The van der Waals surface area contributed by atoms with Gasteiger partial charge in [0, 0.05) is 44.2 Å². The van der Waals surface area contributed by atoms with Gasteiger partial charge in [-0.05, 0) is 18.6 Å². The molecule has 1 saturated heterocycles. The molecule has 0 unspecified atom stereocenters. The molecular formula is C15H16ClF7N2. The normalized spacial score (nSPS) is 18.4. The molecule has 1 fully saturated rings. The topological polar surface area (TPSA) is 15.3 Å². The molecule has 1 N–H and O–H groups in total. The lowest BCUT2D eigenvalue weighted by atomic mass is 9.96. The molecule has 1 aliphatic heterocycles. The fourth-order valence-electron chi connectivity index (χ4n) is 2.85. The van der Waals surface area contributed by atoms with Crippen molar-refractivity contribution >= 4 is 11.6 Å². The van der Waals surface area contributed by atoms with E-state index in [1.54, 1.807) is 4.90 Å². The lowest BCUT2D eigenvalue weighted by molar-refractivity contribution is -0.140. The standard InChI is InChI=1S/C15H16ClF7N2/c16-11-8-9(15(21,22)23)7-10(13(11)17)12(1-2-14(18,19)20)25-5-3-24-4-6-25/h7-8,12,24H,1-6H2/t12-/m0/s1. The fourth-order valence-corrected chi connectivity index (χ4v) is 3.07. The van der Waals surface area contributed by atoms with Crippen molar-refractivity contribution in [2.75, 3.05) is 26.2 Å². The maximum absolute atomic E-state index is 14.4. The highest BCUT2D eigenvalue weighted by atomic mass is 35.5. The summed E-state index contributed by atoms with van der Waals surface area (Å²) in [5.41, 5.74) is -1.63. The summed E-state index contributed by atoms with van der Waals surface area (Å²) in [5, 5.41) is 2.24. The highest BCUT2D eigenvalue weighted by molar-refractivity contribution is 6.30. The van der Waals surface area contributed by atoms with Crippen LogP contribution in [0.5, 0.6) is 0 Å². The van der Waals surface area contributed by atoms with E-state index in [0.717, 1.165) is 0 Å². The molecule has 0 saturated carbocycles. The van der Waals surface area contributed by atoms with E-state index in [2.05, 4.69) is 5.32 Å². The predicted molar refractivity (Wildman–Crippen MR) is 78.9 cm³/mol.